The lowest BCUT2D eigenvalue weighted by molar-refractivity contribution is 0.00452. The number of piperidine rings is 1. The molecule has 0 spiro atoms. The fourth-order valence-electron chi connectivity index (χ4n) is 3.04. The van der Waals surface area contributed by atoms with Crippen LogP contribution in [0.25, 0.3) is 0 Å². The van der Waals surface area contributed by atoms with Gasteiger partial charge in [-0.15, -0.1) is 0 Å². The molecule has 0 bridgehead atoms. The van der Waals surface area contributed by atoms with Crippen molar-refractivity contribution in [3.63, 3.8) is 0 Å². The summed E-state index contributed by atoms with van der Waals surface area (Å²) in [6.07, 6.45) is 2.62. The first-order valence-electron chi connectivity index (χ1n) is 8.07. The highest BCUT2D eigenvalue weighted by Gasteiger charge is 2.25. The maximum atomic E-state index is 6.02. The summed E-state index contributed by atoms with van der Waals surface area (Å²) in [5, 5.41) is 0. The van der Waals surface area contributed by atoms with Gasteiger partial charge in [0, 0.05) is 32.3 Å². The number of nitrogens with two attached hydrogens (primary N) is 1. The van der Waals surface area contributed by atoms with Crippen LogP contribution in [0, 0.1) is 0 Å². The molecule has 1 heterocycles. The fraction of sp³-hybridized carbons (Fsp3) is 0.647. The predicted molar refractivity (Wildman–Crippen MR) is 85.6 cm³/mol. The molecule has 1 aliphatic rings. The minimum absolute atomic E-state index is 0.295. The van der Waals surface area contributed by atoms with Crippen molar-refractivity contribution in [3.05, 3.63) is 29.8 Å². The van der Waals surface area contributed by atoms with Crippen LogP contribution in [0.1, 0.15) is 38.3 Å². The largest absolute Gasteiger partial charge is 0.494 e. The van der Waals surface area contributed by atoms with E-state index < -0.39 is 0 Å². The SMILES string of the molecule is CCOc1ccc(C(CN)N2CCC(OCC)CC2)cc1. The fourth-order valence-corrected chi connectivity index (χ4v) is 3.04. The second kappa shape index (κ2) is 8.37. The van der Waals surface area contributed by atoms with Crippen molar-refractivity contribution in [2.24, 2.45) is 5.73 Å². The Hall–Kier alpha value is -1.10. The molecule has 4 heteroatoms. The van der Waals surface area contributed by atoms with Crippen LogP contribution in [-0.2, 0) is 4.74 Å². The van der Waals surface area contributed by atoms with Crippen LogP contribution in [0.5, 0.6) is 5.75 Å². The Kier molecular flexibility index (Phi) is 6.49. The number of hydrogen-bond acceptors (Lipinski definition) is 4. The number of hydrogen-bond donors (Lipinski definition) is 1. The third-order valence-corrected chi connectivity index (χ3v) is 4.12. The normalized spacial score (nSPS) is 18.6. The summed E-state index contributed by atoms with van der Waals surface area (Å²) in [7, 11) is 0. The topological polar surface area (TPSA) is 47.7 Å². The summed E-state index contributed by atoms with van der Waals surface area (Å²) in [5.74, 6) is 0.923. The zero-order chi connectivity index (χ0) is 15.1. The van der Waals surface area contributed by atoms with Crippen molar-refractivity contribution in [1.82, 2.24) is 4.90 Å². The van der Waals surface area contributed by atoms with E-state index in [1.165, 1.54) is 5.56 Å². The standard InChI is InChI=1S/C17H28N2O2/c1-3-20-15-7-5-14(6-8-15)17(13-18)19-11-9-16(10-12-19)21-4-2/h5-8,16-17H,3-4,9-13,18H2,1-2H3. The predicted octanol–water partition coefficient (Wildman–Crippen LogP) is 2.59. The van der Waals surface area contributed by atoms with E-state index in [4.69, 9.17) is 15.2 Å². The molecule has 1 saturated heterocycles. The van der Waals surface area contributed by atoms with Gasteiger partial charge in [-0.1, -0.05) is 12.1 Å². The first-order valence-corrected chi connectivity index (χ1v) is 8.07. The summed E-state index contributed by atoms with van der Waals surface area (Å²) in [6.45, 7) is 8.33. The highest BCUT2D eigenvalue weighted by molar-refractivity contribution is 5.29. The highest BCUT2D eigenvalue weighted by Crippen LogP contribution is 2.26. The molecule has 118 valence electrons. The molecule has 0 radical (unpaired) electrons. The molecule has 0 aliphatic carbocycles. The van der Waals surface area contributed by atoms with Gasteiger partial charge in [-0.05, 0) is 44.4 Å². The van der Waals surface area contributed by atoms with Crippen LogP contribution in [0.4, 0.5) is 0 Å². The molecule has 1 atom stereocenters. The summed E-state index contributed by atoms with van der Waals surface area (Å²) >= 11 is 0. The lowest BCUT2D eigenvalue weighted by Crippen LogP contribution is -2.41. The van der Waals surface area contributed by atoms with E-state index in [0.29, 0.717) is 25.3 Å². The Labute approximate surface area is 128 Å². The molecule has 1 aromatic rings. The first kappa shape index (κ1) is 16.3. The summed E-state index contributed by atoms with van der Waals surface area (Å²) in [5.41, 5.74) is 7.30. The number of ether oxygens (including phenoxy) is 2. The van der Waals surface area contributed by atoms with E-state index in [0.717, 1.165) is 38.3 Å². The van der Waals surface area contributed by atoms with Gasteiger partial charge in [0.2, 0.25) is 0 Å². The molecular formula is C17H28N2O2. The summed E-state index contributed by atoms with van der Waals surface area (Å²) < 4.78 is 11.2. The van der Waals surface area contributed by atoms with Crippen molar-refractivity contribution in [2.45, 2.75) is 38.8 Å². The molecule has 2 N–H and O–H groups in total. The van der Waals surface area contributed by atoms with Gasteiger partial charge in [0.05, 0.1) is 12.7 Å². The van der Waals surface area contributed by atoms with Gasteiger partial charge in [0.1, 0.15) is 5.75 Å². The van der Waals surface area contributed by atoms with Crippen LogP contribution in [0.2, 0.25) is 0 Å². The maximum Gasteiger partial charge on any atom is 0.119 e. The van der Waals surface area contributed by atoms with Crippen molar-refractivity contribution < 1.29 is 9.47 Å². The molecular weight excluding hydrogens is 264 g/mol. The van der Waals surface area contributed by atoms with Crippen molar-refractivity contribution in [1.29, 1.82) is 0 Å². The van der Waals surface area contributed by atoms with Crippen LogP contribution in [0.15, 0.2) is 24.3 Å². The van der Waals surface area contributed by atoms with Gasteiger partial charge in [-0.3, -0.25) is 4.90 Å². The van der Waals surface area contributed by atoms with Crippen molar-refractivity contribution in [3.8, 4) is 5.75 Å². The third kappa shape index (κ3) is 4.43. The van der Waals surface area contributed by atoms with E-state index >= 15 is 0 Å². The lowest BCUT2D eigenvalue weighted by atomic mass is 10.0. The quantitative estimate of drug-likeness (QED) is 0.839. The summed E-state index contributed by atoms with van der Waals surface area (Å²) in [4.78, 5) is 2.48. The zero-order valence-electron chi connectivity index (χ0n) is 13.3. The molecule has 1 aliphatic heterocycles. The molecule has 21 heavy (non-hydrogen) atoms. The first-order chi connectivity index (χ1) is 10.3. The number of likely N-dealkylation sites (tertiary alicyclic amines) is 1. The second-order valence-corrected chi connectivity index (χ2v) is 5.44. The smallest absolute Gasteiger partial charge is 0.119 e. The van der Waals surface area contributed by atoms with Gasteiger partial charge in [0.25, 0.3) is 0 Å². The molecule has 0 aromatic heterocycles. The Morgan fingerprint density at radius 3 is 2.33 bits per heavy atom. The summed E-state index contributed by atoms with van der Waals surface area (Å²) in [6, 6.07) is 8.64. The molecule has 4 nitrogen and oxygen atoms in total. The average Bonchev–Trinajstić information content (AvgIpc) is 2.52. The minimum Gasteiger partial charge on any atom is -0.494 e. The van der Waals surface area contributed by atoms with E-state index in [1.807, 2.05) is 19.1 Å². The van der Waals surface area contributed by atoms with E-state index in [1.54, 1.807) is 0 Å². The van der Waals surface area contributed by atoms with Gasteiger partial charge in [-0.2, -0.15) is 0 Å². The molecule has 1 unspecified atom stereocenters. The number of benzene rings is 1. The lowest BCUT2D eigenvalue weighted by Gasteiger charge is -2.37. The van der Waals surface area contributed by atoms with E-state index in [2.05, 4.69) is 24.0 Å². The molecule has 2 rings (SSSR count). The average molecular weight is 292 g/mol. The molecule has 1 aromatic carbocycles. The molecule has 1 fully saturated rings. The number of rotatable bonds is 7. The van der Waals surface area contributed by atoms with Crippen LogP contribution in [-0.4, -0.2) is 43.9 Å². The Morgan fingerprint density at radius 2 is 1.81 bits per heavy atom. The van der Waals surface area contributed by atoms with Gasteiger partial charge in [0.15, 0.2) is 0 Å². The van der Waals surface area contributed by atoms with Crippen molar-refractivity contribution in [2.75, 3.05) is 32.8 Å². The third-order valence-electron chi connectivity index (χ3n) is 4.12. The van der Waals surface area contributed by atoms with Crippen LogP contribution >= 0.6 is 0 Å². The van der Waals surface area contributed by atoms with Gasteiger partial charge in [-0.25, -0.2) is 0 Å². The monoisotopic (exact) mass is 292 g/mol. The minimum atomic E-state index is 0.295. The van der Waals surface area contributed by atoms with Gasteiger partial charge >= 0.3 is 0 Å². The number of nitrogens with zero attached hydrogens (tertiary/aromatic N) is 1. The highest BCUT2D eigenvalue weighted by atomic mass is 16.5. The second-order valence-electron chi connectivity index (χ2n) is 5.44. The Balaban J connectivity index is 1.96. The Morgan fingerprint density at radius 1 is 1.14 bits per heavy atom. The van der Waals surface area contributed by atoms with Crippen LogP contribution in [0.3, 0.4) is 0 Å². The van der Waals surface area contributed by atoms with Gasteiger partial charge < -0.3 is 15.2 Å². The van der Waals surface area contributed by atoms with E-state index in [9.17, 15) is 0 Å². The van der Waals surface area contributed by atoms with Crippen LogP contribution < -0.4 is 10.5 Å². The Bertz CT molecular complexity index is 400. The molecule has 0 amide bonds. The zero-order valence-corrected chi connectivity index (χ0v) is 13.3. The van der Waals surface area contributed by atoms with Crippen molar-refractivity contribution >= 4 is 0 Å². The molecule has 0 saturated carbocycles. The van der Waals surface area contributed by atoms with E-state index in [-0.39, 0.29) is 0 Å². The maximum absolute atomic E-state index is 6.02.